The zero-order valence-electron chi connectivity index (χ0n) is 11.0. The first-order valence-electron chi connectivity index (χ1n) is 7.11. The number of carboxylic acid groups (broad SMARTS) is 1. The van der Waals surface area contributed by atoms with Crippen LogP contribution in [-0.2, 0) is 19.1 Å². The van der Waals surface area contributed by atoms with Crippen LogP contribution in [0.4, 0.5) is 0 Å². The highest BCUT2D eigenvalue weighted by Crippen LogP contribution is 2.51. The van der Waals surface area contributed by atoms with E-state index in [1.54, 1.807) is 11.0 Å². The summed E-state index contributed by atoms with van der Waals surface area (Å²) >= 11 is 0. The van der Waals surface area contributed by atoms with E-state index in [0.717, 1.165) is 19.4 Å². The minimum Gasteiger partial charge on any atom is -0.481 e. The monoisotopic (exact) mass is 279 g/mol. The van der Waals surface area contributed by atoms with E-state index >= 15 is 0 Å². The molecule has 0 aromatic heterocycles. The van der Waals surface area contributed by atoms with Gasteiger partial charge in [0.2, 0.25) is 5.91 Å². The first-order chi connectivity index (χ1) is 9.61. The number of carbonyl (C=O) groups is 2. The Bertz CT molecular complexity index is 498. The molecule has 0 aromatic carbocycles. The van der Waals surface area contributed by atoms with Crippen molar-refractivity contribution in [2.24, 2.45) is 11.8 Å². The van der Waals surface area contributed by atoms with E-state index in [1.165, 1.54) is 0 Å². The Balaban J connectivity index is 1.58. The summed E-state index contributed by atoms with van der Waals surface area (Å²) in [4.78, 5) is 25.7. The molecule has 0 aliphatic carbocycles. The number of fused-ring (bicyclic) bond motifs is 1. The van der Waals surface area contributed by atoms with Gasteiger partial charge in [0, 0.05) is 13.2 Å². The lowest BCUT2D eigenvalue weighted by atomic mass is 9.77. The van der Waals surface area contributed by atoms with Gasteiger partial charge in [-0.1, -0.05) is 12.2 Å². The average Bonchev–Trinajstić information content (AvgIpc) is 3.12. The smallest absolute Gasteiger partial charge is 0.310 e. The first-order valence-corrected chi connectivity index (χ1v) is 7.11. The molecule has 1 amide bonds. The van der Waals surface area contributed by atoms with Crippen molar-refractivity contribution in [1.82, 2.24) is 4.90 Å². The van der Waals surface area contributed by atoms with Crippen LogP contribution in [-0.4, -0.2) is 59.4 Å². The standard InChI is InChI=1S/C14H17NO5/c16-12-11-10(13(17)18)9-3-4-14(11,20-9)7-15(12)6-8-2-1-5-19-8/h3-4,8-11H,1-2,5-7H2,(H,17,18)/t8-,9-,10-,11+,14+/m0/s1. The second-order valence-electron chi connectivity index (χ2n) is 6.09. The van der Waals surface area contributed by atoms with Crippen LogP contribution in [0.2, 0.25) is 0 Å². The molecule has 0 saturated carbocycles. The predicted octanol–water partition coefficient (Wildman–Crippen LogP) is 0.0320. The third kappa shape index (κ3) is 1.52. The molecule has 4 aliphatic heterocycles. The number of ether oxygens (including phenoxy) is 2. The van der Waals surface area contributed by atoms with Gasteiger partial charge in [0.15, 0.2) is 0 Å². The Morgan fingerprint density at radius 2 is 2.40 bits per heavy atom. The lowest BCUT2D eigenvalue weighted by Gasteiger charge is -2.23. The van der Waals surface area contributed by atoms with Gasteiger partial charge in [0.1, 0.15) is 11.5 Å². The molecule has 1 spiro atoms. The number of hydrogen-bond donors (Lipinski definition) is 1. The zero-order valence-corrected chi connectivity index (χ0v) is 11.0. The molecule has 0 aromatic rings. The van der Waals surface area contributed by atoms with Gasteiger partial charge in [0.05, 0.1) is 24.7 Å². The first kappa shape index (κ1) is 12.3. The number of carbonyl (C=O) groups excluding carboxylic acids is 1. The van der Waals surface area contributed by atoms with Crippen LogP contribution in [0.5, 0.6) is 0 Å². The number of hydrogen-bond acceptors (Lipinski definition) is 4. The number of carboxylic acids is 1. The molecule has 3 fully saturated rings. The highest BCUT2D eigenvalue weighted by molar-refractivity contribution is 5.90. The summed E-state index contributed by atoms with van der Waals surface area (Å²) in [5.74, 6) is -2.36. The molecule has 6 nitrogen and oxygen atoms in total. The van der Waals surface area contributed by atoms with Crippen LogP contribution in [0.15, 0.2) is 12.2 Å². The molecule has 0 unspecified atom stereocenters. The molecule has 4 rings (SSSR count). The van der Waals surface area contributed by atoms with Crippen LogP contribution >= 0.6 is 0 Å². The lowest BCUT2D eigenvalue weighted by molar-refractivity contribution is -0.148. The molecule has 0 radical (unpaired) electrons. The third-order valence-corrected chi connectivity index (χ3v) is 4.91. The molecule has 5 atom stereocenters. The van der Waals surface area contributed by atoms with Gasteiger partial charge in [-0.05, 0) is 12.8 Å². The van der Waals surface area contributed by atoms with Crippen LogP contribution in [0.1, 0.15) is 12.8 Å². The van der Waals surface area contributed by atoms with Crippen molar-refractivity contribution in [3.05, 3.63) is 12.2 Å². The molecule has 3 saturated heterocycles. The highest BCUT2D eigenvalue weighted by atomic mass is 16.5. The molecule has 4 aliphatic rings. The van der Waals surface area contributed by atoms with Crippen molar-refractivity contribution in [3.63, 3.8) is 0 Å². The van der Waals surface area contributed by atoms with Crippen molar-refractivity contribution in [2.75, 3.05) is 19.7 Å². The predicted molar refractivity (Wildman–Crippen MR) is 66.9 cm³/mol. The fraction of sp³-hybridized carbons (Fsp3) is 0.714. The van der Waals surface area contributed by atoms with Gasteiger partial charge in [-0.15, -0.1) is 0 Å². The zero-order chi connectivity index (χ0) is 13.9. The van der Waals surface area contributed by atoms with Gasteiger partial charge in [-0.3, -0.25) is 9.59 Å². The minimum absolute atomic E-state index is 0.0821. The summed E-state index contributed by atoms with van der Waals surface area (Å²) in [5, 5.41) is 9.36. The lowest BCUT2D eigenvalue weighted by Crippen LogP contribution is -2.39. The maximum absolute atomic E-state index is 12.6. The van der Waals surface area contributed by atoms with Crippen LogP contribution in [0, 0.1) is 11.8 Å². The number of rotatable bonds is 3. The maximum atomic E-state index is 12.6. The number of likely N-dealkylation sites (tertiary alicyclic amines) is 1. The van der Waals surface area contributed by atoms with Crippen molar-refractivity contribution >= 4 is 11.9 Å². The van der Waals surface area contributed by atoms with Crippen LogP contribution in [0.3, 0.4) is 0 Å². The largest absolute Gasteiger partial charge is 0.481 e. The van der Waals surface area contributed by atoms with Gasteiger partial charge < -0.3 is 19.5 Å². The molecule has 4 heterocycles. The Kier molecular flexibility index (Phi) is 2.50. The number of nitrogens with zero attached hydrogens (tertiary/aromatic N) is 1. The summed E-state index contributed by atoms with van der Waals surface area (Å²) in [7, 11) is 0. The topological polar surface area (TPSA) is 76.1 Å². The van der Waals surface area contributed by atoms with Crippen molar-refractivity contribution < 1.29 is 24.2 Å². The Morgan fingerprint density at radius 3 is 3.10 bits per heavy atom. The van der Waals surface area contributed by atoms with Crippen LogP contribution in [0.25, 0.3) is 0 Å². The maximum Gasteiger partial charge on any atom is 0.310 e. The van der Waals surface area contributed by atoms with E-state index < -0.39 is 29.5 Å². The summed E-state index contributed by atoms with van der Waals surface area (Å²) in [6.45, 7) is 1.75. The SMILES string of the molecule is O=C(O)[C@H]1[C@@H]2C=C[C@]3(CN(C[C@@H]4CCCO4)C(=O)[C@@H]13)O2. The molecule has 1 N–H and O–H groups in total. The van der Waals surface area contributed by atoms with Crippen molar-refractivity contribution in [1.29, 1.82) is 0 Å². The van der Waals surface area contributed by atoms with Crippen LogP contribution < -0.4 is 0 Å². The molecular formula is C14H17NO5. The van der Waals surface area contributed by atoms with E-state index in [-0.39, 0.29) is 12.0 Å². The highest BCUT2D eigenvalue weighted by Gasteiger charge is 2.67. The molecular weight excluding hydrogens is 262 g/mol. The summed E-state index contributed by atoms with van der Waals surface area (Å²) in [6, 6.07) is 0. The summed E-state index contributed by atoms with van der Waals surface area (Å²) < 4.78 is 11.4. The van der Waals surface area contributed by atoms with Crippen molar-refractivity contribution in [2.45, 2.75) is 30.7 Å². The molecule has 6 heteroatoms. The normalized spacial score (nSPS) is 45.4. The molecule has 20 heavy (non-hydrogen) atoms. The third-order valence-electron chi connectivity index (χ3n) is 4.91. The van der Waals surface area contributed by atoms with Gasteiger partial charge in [-0.2, -0.15) is 0 Å². The van der Waals surface area contributed by atoms with E-state index in [0.29, 0.717) is 13.1 Å². The fourth-order valence-electron chi connectivity index (χ4n) is 4.05. The second kappa shape index (κ2) is 4.05. The number of amides is 1. The van der Waals surface area contributed by atoms with Crippen molar-refractivity contribution in [3.8, 4) is 0 Å². The Labute approximate surface area is 116 Å². The number of aliphatic carboxylic acids is 1. The Morgan fingerprint density at radius 1 is 1.55 bits per heavy atom. The Hall–Kier alpha value is -1.40. The minimum atomic E-state index is -0.946. The van der Waals surface area contributed by atoms with Gasteiger partial charge in [0.25, 0.3) is 0 Å². The summed E-state index contributed by atoms with van der Waals surface area (Å²) in [5.41, 5.74) is -0.719. The fourth-order valence-corrected chi connectivity index (χ4v) is 4.05. The van der Waals surface area contributed by atoms with E-state index in [4.69, 9.17) is 9.47 Å². The molecule has 2 bridgehead atoms. The van der Waals surface area contributed by atoms with Gasteiger partial charge in [-0.25, -0.2) is 0 Å². The molecule has 108 valence electrons. The van der Waals surface area contributed by atoms with Gasteiger partial charge >= 0.3 is 5.97 Å². The summed E-state index contributed by atoms with van der Waals surface area (Å²) in [6.07, 6.45) is 5.29. The van der Waals surface area contributed by atoms with E-state index in [1.807, 2.05) is 6.08 Å². The van der Waals surface area contributed by atoms with E-state index in [2.05, 4.69) is 0 Å². The van der Waals surface area contributed by atoms with E-state index in [9.17, 15) is 14.7 Å². The quantitative estimate of drug-likeness (QED) is 0.738. The second-order valence-corrected chi connectivity index (χ2v) is 6.09. The average molecular weight is 279 g/mol.